The molecule has 2 bridgehead atoms. The first-order chi connectivity index (χ1) is 20.9. The molecule has 236 valence electrons. The van der Waals surface area contributed by atoms with Gasteiger partial charge in [-0.05, 0) is 82.3 Å². The standard InChI is InChI=1S/C34H47N5O4Si/c1-34(2,3)43-33(40)39-26-8-9-27(39)19-25(18-26)36-32-12-11-28-29-10-7-23(17-31(29)42-14-13-30(28)37-32)24-20-35-38(21-24)22-41-15-16-44(4,5)6/h7,10-12,17,20-21,25-27H,8-9,13-16,18-19,22H2,1-6H3,(H,36,37)/t25?,26-,27+. The Morgan fingerprint density at radius 2 is 1.82 bits per heavy atom. The minimum Gasteiger partial charge on any atom is -0.493 e. The van der Waals surface area contributed by atoms with Crippen molar-refractivity contribution in [2.24, 2.45) is 0 Å². The molecule has 3 atom stereocenters. The number of pyridine rings is 1. The molecule has 1 unspecified atom stereocenters. The van der Waals surface area contributed by atoms with Gasteiger partial charge in [-0.3, -0.25) is 0 Å². The van der Waals surface area contributed by atoms with Crippen LogP contribution >= 0.6 is 0 Å². The van der Waals surface area contributed by atoms with Gasteiger partial charge in [0.1, 0.15) is 23.9 Å². The molecule has 2 saturated heterocycles. The molecule has 0 aliphatic carbocycles. The Kier molecular flexibility index (Phi) is 8.49. The van der Waals surface area contributed by atoms with Crippen LogP contribution in [-0.2, 0) is 22.6 Å². The summed E-state index contributed by atoms with van der Waals surface area (Å²) in [5.41, 5.74) is 4.84. The van der Waals surface area contributed by atoms with Crippen molar-refractivity contribution in [2.75, 3.05) is 18.5 Å². The summed E-state index contributed by atoms with van der Waals surface area (Å²) in [5.74, 6) is 1.76. The first kappa shape index (κ1) is 30.6. The number of carbonyl (C=O) groups excluding carboxylic acids is 1. The third-order valence-corrected chi connectivity index (χ3v) is 10.4. The maximum atomic E-state index is 12.9. The number of nitrogens with zero attached hydrogens (tertiary/aromatic N) is 4. The summed E-state index contributed by atoms with van der Waals surface area (Å²) in [7, 11) is -1.11. The SMILES string of the molecule is CC(C)(C)OC(=O)N1[C@@H]2CC[C@H]1CC(Nc1ccc3c(n1)CCOc1cc(-c4cnn(COCC[Si](C)(C)C)c4)ccc1-3)C2. The zero-order chi connectivity index (χ0) is 31.1. The molecule has 2 fully saturated rings. The van der Waals surface area contributed by atoms with Crippen molar-refractivity contribution in [3.63, 3.8) is 0 Å². The predicted molar refractivity (Wildman–Crippen MR) is 176 cm³/mol. The minimum absolute atomic E-state index is 0.177. The van der Waals surface area contributed by atoms with E-state index in [1.54, 1.807) is 0 Å². The second kappa shape index (κ2) is 12.2. The first-order valence-corrected chi connectivity index (χ1v) is 19.8. The summed E-state index contributed by atoms with van der Waals surface area (Å²) >= 11 is 0. The molecule has 0 radical (unpaired) electrons. The molecule has 10 heteroatoms. The van der Waals surface area contributed by atoms with Crippen LogP contribution < -0.4 is 10.1 Å². The topological polar surface area (TPSA) is 90.7 Å². The average molecular weight is 618 g/mol. The Hall–Kier alpha value is -3.37. The van der Waals surface area contributed by atoms with Crippen molar-refractivity contribution < 1.29 is 19.0 Å². The van der Waals surface area contributed by atoms with Crippen molar-refractivity contribution >= 4 is 20.0 Å². The lowest BCUT2D eigenvalue weighted by molar-refractivity contribution is 0.00682. The number of hydrogen-bond donors (Lipinski definition) is 1. The van der Waals surface area contributed by atoms with E-state index >= 15 is 0 Å². The molecule has 1 aromatic carbocycles. The van der Waals surface area contributed by atoms with Gasteiger partial charge in [0.25, 0.3) is 0 Å². The zero-order valence-electron chi connectivity index (χ0n) is 27.1. The fourth-order valence-electron chi connectivity index (χ4n) is 6.56. The molecule has 5 heterocycles. The van der Waals surface area contributed by atoms with Gasteiger partial charge in [-0.2, -0.15) is 5.10 Å². The molecule has 3 aliphatic heterocycles. The zero-order valence-corrected chi connectivity index (χ0v) is 28.1. The van der Waals surface area contributed by atoms with Crippen molar-refractivity contribution in [2.45, 2.75) is 109 Å². The fraction of sp³-hybridized carbons (Fsp3) is 0.559. The number of piperidine rings is 1. The number of nitrogens with one attached hydrogen (secondary N) is 1. The summed E-state index contributed by atoms with van der Waals surface area (Å²) in [6.45, 7) is 14.7. The lowest BCUT2D eigenvalue weighted by Gasteiger charge is -2.39. The van der Waals surface area contributed by atoms with Crippen molar-refractivity contribution in [3.05, 3.63) is 48.4 Å². The Labute approximate surface area is 262 Å². The van der Waals surface area contributed by atoms with Crippen LogP contribution in [0.3, 0.4) is 0 Å². The van der Waals surface area contributed by atoms with Crippen molar-refractivity contribution in [3.8, 4) is 28.0 Å². The number of ether oxygens (including phenoxy) is 3. The number of rotatable bonds is 8. The molecule has 6 rings (SSSR count). The largest absolute Gasteiger partial charge is 0.493 e. The summed E-state index contributed by atoms with van der Waals surface area (Å²) in [6.07, 6.45) is 8.36. The molecule has 2 aromatic heterocycles. The second-order valence-corrected chi connectivity index (χ2v) is 20.3. The molecule has 9 nitrogen and oxygen atoms in total. The number of carbonyl (C=O) groups is 1. The van der Waals surface area contributed by atoms with Gasteiger partial charge >= 0.3 is 6.09 Å². The van der Waals surface area contributed by atoms with Crippen LogP contribution in [0.5, 0.6) is 5.75 Å². The van der Waals surface area contributed by atoms with E-state index in [-0.39, 0.29) is 24.2 Å². The molecule has 1 amide bonds. The van der Waals surface area contributed by atoms with E-state index in [9.17, 15) is 4.79 Å². The van der Waals surface area contributed by atoms with Crippen molar-refractivity contribution in [1.29, 1.82) is 0 Å². The molecule has 0 spiro atoms. The van der Waals surface area contributed by atoms with E-state index < -0.39 is 13.7 Å². The van der Waals surface area contributed by atoms with Crippen LogP contribution in [0.1, 0.15) is 52.1 Å². The first-order valence-electron chi connectivity index (χ1n) is 16.1. The molecule has 44 heavy (non-hydrogen) atoms. The van der Waals surface area contributed by atoms with Gasteiger partial charge in [0.05, 0.1) is 18.5 Å². The van der Waals surface area contributed by atoms with Crippen LogP contribution in [0.15, 0.2) is 42.7 Å². The highest BCUT2D eigenvalue weighted by molar-refractivity contribution is 6.76. The summed E-state index contributed by atoms with van der Waals surface area (Å²) in [5, 5.41) is 8.20. The Bertz CT molecular complexity index is 1480. The number of anilines is 1. The Balaban J connectivity index is 1.11. The van der Waals surface area contributed by atoms with Gasteiger partial charge < -0.3 is 24.4 Å². The lowest BCUT2D eigenvalue weighted by Crippen LogP contribution is -2.51. The molecular weight excluding hydrogens is 570 g/mol. The van der Waals surface area contributed by atoms with Gasteiger partial charge in [-0.1, -0.05) is 25.7 Å². The molecule has 1 N–H and O–H groups in total. The molecule has 3 aliphatic rings. The normalized spacial score (nSPS) is 21.2. The highest BCUT2D eigenvalue weighted by Gasteiger charge is 2.45. The lowest BCUT2D eigenvalue weighted by atomic mass is 9.97. The highest BCUT2D eigenvalue weighted by Crippen LogP contribution is 2.40. The van der Waals surface area contributed by atoms with Crippen molar-refractivity contribution in [1.82, 2.24) is 19.7 Å². The van der Waals surface area contributed by atoms with Gasteiger partial charge in [-0.25, -0.2) is 14.5 Å². The smallest absolute Gasteiger partial charge is 0.410 e. The fourth-order valence-corrected chi connectivity index (χ4v) is 7.31. The maximum Gasteiger partial charge on any atom is 0.410 e. The van der Waals surface area contributed by atoms with E-state index in [0.29, 0.717) is 13.3 Å². The average Bonchev–Trinajstić information content (AvgIpc) is 3.46. The number of amides is 1. The van der Waals surface area contributed by atoms with Crippen LogP contribution in [0.2, 0.25) is 25.7 Å². The van der Waals surface area contributed by atoms with Crippen LogP contribution in [0, 0.1) is 0 Å². The van der Waals surface area contributed by atoms with Gasteiger partial charge in [0.15, 0.2) is 0 Å². The van der Waals surface area contributed by atoms with E-state index in [1.807, 2.05) is 42.7 Å². The highest BCUT2D eigenvalue weighted by atomic mass is 28.3. The number of hydrogen-bond acceptors (Lipinski definition) is 7. The number of aromatic nitrogens is 3. The summed E-state index contributed by atoms with van der Waals surface area (Å²) in [4.78, 5) is 19.9. The van der Waals surface area contributed by atoms with Gasteiger partial charge in [-0.15, -0.1) is 0 Å². The van der Waals surface area contributed by atoms with E-state index in [4.69, 9.17) is 19.2 Å². The van der Waals surface area contributed by atoms with Crippen LogP contribution in [0.25, 0.3) is 22.3 Å². The van der Waals surface area contributed by atoms with Crippen LogP contribution in [-0.4, -0.2) is 70.8 Å². The molecule has 3 aromatic rings. The van der Waals surface area contributed by atoms with E-state index in [2.05, 4.69) is 60.4 Å². The monoisotopic (exact) mass is 617 g/mol. The Morgan fingerprint density at radius 3 is 2.55 bits per heavy atom. The second-order valence-electron chi connectivity index (χ2n) is 14.7. The quantitative estimate of drug-likeness (QED) is 0.211. The number of benzene rings is 1. The predicted octanol–water partition coefficient (Wildman–Crippen LogP) is 7.20. The van der Waals surface area contributed by atoms with E-state index in [1.165, 1.54) is 0 Å². The third-order valence-electron chi connectivity index (χ3n) is 8.72. The van der Waals surface area contributed by atoms with E-state index in [0.717, 1.165) is 84.3 Å². The van der Waals surface area contributed by atoms with Gasteiger partial charge in [0.2, 0.25) is 0 Å². The Morgan fingerprint density at radius 1 is 1.07 bits per heavy atom. The third kappa shape index (κ3) is 7.12. The minimum atomic E-state index is -1.11. The summed E-state index contributed by atoms with van der Waals surface area (Å²) < 4.78 is 19.7. The summed E-state index contributed by atoms with van der Waals surface area (Å²) in [6, 6.07) is 12.5. The number of fused-ring (bicyclic) bond motifs is 5. The van der Waals surface area contributed by atoms with Gasteiger partial charge in [0, 0.05) is 62.1 Å². The van der Waals surface area contributed by atoms with Crippen LogP contribution in [0.4, 0.5) is 10.6 Å². The maximum absolute atomic E-state index is 12.9. The molecular formula is C34H47N5O4Si. The molecule has 0 saturated carbocycles.